The molecule has 0 N–H and O–H groups in total. The first-order valence-corrected chi connectivity index (χ1v) is 9.39. The molecule has 0 unspecified atom stereocenters. The SMILES string of the molecule is CCCCc1cc2ccccc2c(S(=O)(=O)[O-])c1CCCC.[Li+]. The average Bonchev–Trinajstić information content (AvgIpc) is 2.48. The molecule has 0 aromatic heterocycles. The number of aryl methyl sites for hydroxylation is 1. The molecule has 120 valence electrons. The number of unbranched alkanes of at least 4 members (excludes halogenated alkanes) is 2. The van der Waals surface area contributed by atoms with Crippen LogP contribution >= 0.6 is 0 Å². The smallest absolute Gasteiger partial charge is 0.744 e. The Hall–Kier alpha value is -0.793. The molecule has 0 amide bonds. The molecular weight excluding hydrogens is 303 g/mol. The van der Waals surface area contributed by atoms with E-state index < -0.39 is 10.1 Å². The molecule has 2 aromatic rings. The van der Waals surface area contributed by atoms with Gasteiger partial charge in [-0.15, -0.1) is 0 Å². The second-order valence-corrected chi connectivity index (χ2v) is 7.04. The van der Waals surface area contributed by atoms with E-state index in [0.717, 1.165) is 48.6 Å². The Morgan fingerprint density at radius 1 is 1.00 bits per heavy atom. The summed E-state index contributed by atoms with van der Waals surface area (Å²) < 4.78 is 35.7. The van der Waals surface area contributed by atoms with Crippen molar-refractivity contribution < 1.29 is 31.8 Å². The van der Waals surface area contributed by atoms with Crippen molar-refractivity contribution in [1.29, 1.82) is 0 Å². The molecule has 0 saturated carbocycles. The predicted molar refractivity (Wildman–Crippen MR) is 89.1 cm³/mol. The Morgan fingerprint density at radius 3 is 2.22 bits per heavy atom. The molecule has 2 aromatic carbocycles. The van der Waals surface area contributed by atoms with Crippen LogP contribution < -0.4 is 18.9 Å². The van der Waals surface area contributed by atoms with Crippen LogP contribution in [-0.2, 0) is 23.0 Å². The molecule has 0 fully saturated rings. The minimum Gasteiger partial charge on any atom is -0.744 e. The summed E-state index contributed by atoms with van der Waals surface area (Å²) in [5, 5.41) is 1.40. The van der Waals surface area contributed by atoms with Gasteiger partial charge in [-0.3, -0.25) is 0 Å². The van der Waals surface area contributed by atoms with Crippen LogP contribution in [0.4, 0.5) is 0 Å². The van der Waals surface area contributed by atoms with Crippen LogP contribution in [0.2, 0.25) is 0 Å². The molecule has 2 rings (SSSR count). The quantitative estimate of drug-likeness (QED) is 0.571. The molecule has 0 heterocycles. The van der Waals surface area contributed by atoms with E-state index >= 15 is 0 Å². The first-order valence-electron chi connectivity index (χ1n) is 7.98. The van der Waals surface area contributed by atoms with Gasteiger partial charge in [-0.2, -0.15) is 0 Å². The Kier molecular flexibility index (Phi) is 7.83. The van der Waals surface area contributed by atoms with Crippen LogP contribution in [-0.4, -0.2) is 13.0 Å². The van der Waals surface area contributed by atoms with E-state index in [9.17, 15) is 13.0 Å². The molecule has 0 aliphatic heterocycles. The van der Waals surface area contributed by atoms with Gasteiger partial charge >= 0.3 is 18.9 Å². The van der Waals surface area contributed by atoms with Gasteiger partial charge < -0.3 is 4.55 Å². The van der Waals surface area contributed by atoms with Gasteiger partial charge in [-0.1, -0.05) is 57.0 Å². The Bertz CT molecular complexity index is 754. The predicted octanol–water partition coefficient (Wildman–Crippen LogP) is 1.43. The topological polar surface area (TPSA) is 57.2 Å². The van der Waals surface area contributed by atoms with E-state index in [-0.39, 0.29) is 23.8 Å². The van der Waals surface area contributed by atoms with E-state index in [1.807, 2.05) is 12.1 Å². The number of rotatable bonds is 7. The van der Waals surface area contributed by atoms with Crippen LogP contribution in [0.25, 0.3) is 10.8 Å². The zero-order valence-electron chi connectivity index (χ0n) is 14.3. The van der Waals surface area contributed by atoms with Crippen molar-refractivity contribution >= 4 is 20.9 Å². The molecule has 3 nitrogen and oxygen atoms in total. The molecule has 0 spiro atoms. The van der Waals surface area contributed by atoms with Crippen LogP contribution in [0.3, 0.4) is 0 Å². The number of hydrogen-bond donors (Lipinski definition) is 0. The van der Waals surface area contributed by atoms with Gasteiger partial charge in [0.15, 0.2) is 0 Å². The van der Waals surface area contributed by atoms with Crippen molar-refractivity contribution in [2.45, 2.75) is 57.3 Å². The van der Waals surface area contributed by atoms with Gasteiger partial charge in [0, 0.05) is 0 Å². The zero-order chi connectivity index (χ0) is 16.2. The van der Waals surface area contributed by atoms with Gasteiger partial charge in [0.1, 0.15) is 10.1 Å². The van der Waals surface area contributed by atoms with E-state index in [4.69, 9.17) is 0 Å². The van der Waals surface area contributed by atoms with Crippen molar-refractivity contribution in [3.8, 4) is 0 Å². The summed E-state index contributed by atoms with van der Waals surface area (Å²) in [6.07, 6.45) is 5.37. The van der Waals surface area contributed by atoms with Gasteiger partial charge in [-0.05, 0) is 47.6 Å². The summed E-state index contributed by atoms with van der Waals surface area (Å²) in [6.45, 7) is 4.18. The fraction of sp³-hybridized carbons (Fsp3) is 0.444. The Labute approximate surface area is 151 Å². The largest absolute Gasteiger partial charge is 1.00 e. The summed E-state index contributed by atoms with van der Waals surface area (Å²) in [7, 11) is -4.49. The minimum absolute atomic E-state index is 0. The average molecular weight is 326 g/mol. The number of benzene rings is 2. The van der Waals surface area contributed by atoms with Crippen molar-refractivity contribution in [2.75, 3.05) is 0 Å². The summed E-state index contributed by atoms with van der Waals surface area (Å²) in [4.78, 5) is 0.00477. The van der Waals surface area contributed by atoms with Crippen LogP contribution in [0.5, 0.6) is 0 Å². The molecule has 0 aliphatic rings. The fourth-order valence-electron chi connectivity index (χ4n) is 2.92. The maximum absolute atomic E-state index is 11.9. The number of fused-ring (bicyclic) bond motifs is 1. The zero-order valence-corrected chi connectivity index (χ0v) is 15.1. The molecule has 0 saturated heterocycles. The second kappa shape index (κ2) is 8.89. The van der Waals surface area contributed by atoms with E-state index in [1.54, 1.807) is 12.1 Å². The minimum atomic E-state index is -4.49. The first kappa shape index (κ1) is 20.3. The van der Waals surface area contributed by atoms with Crippen molar-refractivity contribution in [2.24, 2.45) is 0 Å². The molecular formula is C18H23LiO3S. The molecule has 0 radical (unpaired) electrons. The Balaban J connectivity index is 0.00000264. The van der Waals surface area contributed by atoms with Gasteiger partial charge in [-0.25, -0.2) is 8.42 Å². The standard InChI is InChI=1S/C18H24O3S.Li/c1-3-5-9-14-13-15-10-7-8-12-17(15)18(22(19,20)21)16(14)11-6-4-2;/h7-8,10,12-13H,3-6,9,11H2,1-2H3,(H,19,20,21);/q;+1/p-1. The third-order valence-corrected chi connectivity index (χ3v) is 4.99. The maximum atomic E-state index is 11.9. The molecule has 23 heavy (non-hydrogen) atoms. The monoisotopic (exact) mass is 326 g/mol. The summed E-state index contributed by atoms with van der Waals surface area (Å²) >= 11 is 0. The second-order valence-electron chi connectivity index (χ2n) is 5.73. The van der Waals surface area contributed by atoms with Crippen LogP contribution in [0.1, 0.15) is 50.7 Å². The molecule has 0 atom stereocenters. The summed E-state index contributed by atoms with van der Waals surface area (Å²) in [5.41, 5.74) is 1.76. The van der Waals surface area contributed by atoms with Crippen molar-refractivity contribution in [1.82, 2.24) is 0 Å². The molecule has 0 aliphatic carbocycles. The summed E-state index contributed by atoms with van der Waals surface area (Å²) in [6, 6.07) is 9.33. The Morgan fingerprint density at radius 2 is 1.61 bits per heavy atom. The fourth-order valence-corrected chi connectivity index (χ4v) is 3.91. The van der Waals surface area contributed by atoms with Gasteiger partial charge in [0.2, 0.25) is 0 Å². The van der Waals surface area contributed by atoms with E-state index in [2.05, 4.69) is 19.9 Å². The van der Waals surface area contributed by atoms with Crippen molar-refractivity contribution in [3.63, 3.8) is 0 Å². The third-order valence-electron chi connectivity index (χ3n) is 4.03. The van der Waals surface area contributed by atoms with Crippen molar-refractivity contribution in [3.05, 3.63) is 41.5 Å². The van der Waals surface area contributed by atoms with E-state index in [0.29, 0.717) is 11.8 Å². The molecule has 0 bridgehead atoms. The van der Waals surface area contributed by atoms with Gasteiger partial charge in [0.25, 0.3) is 0 Å². The van der Waals surface area contributed by atoms with Crippen LogP contribution in [0, 0.1) is 0 Å². The summed E-state index contributed by atoms with van der Waals surface area (Å²) in [5.74, 6) is 0. The maximum Gasteiger partial charge on any atom is 1.00 e. The first-order chi connectivity index (χ1) is 10.5. The number of hydrogen-bond acceptors (Lipinski definition) is 3. The molecule has 5 heteroatoms. The van der Waals surface area contributed by atoms with E-state index in [1.165, 1.54) is 0 Å². The van der Waals surface area contributed by atoms with Crippen LogP contribution in [0.15, 0.2) is 35.2 Å². The normalized spacial score (nSPS) is 11.4. The third kappa shape index (κ3) is 4.84. The van der Waals surface area contributed by atoms with Gasteiger partial charge in [0.05, 0.1) is 4.90 Å².